The van der Waals surface area contributed by atoms with Crippen molar-refractivity contribution < 1.29 is 22.8 Å². The molecule has 0 radical (unpaired) electrons. The number of hydrogen-bond donors (Lipinski definition) is 1. The molecule has 3 aromatic carbocycles. The van der Waals surface area contributed by atoms with Crippen LogP contribution in [0.25, 0.3) is 16.8 Å². The van der Waals surface area contributed by atoms with E-state index in [0.717, 1.165) is 47.2 Å². The molecule has 1 aliphatic carbocycles. The van der Waals surface area contributed by atoms with Gasteiger partial charge in [0, 0.05) is 35.3 Å². The predicted octanol–water partition coefficient (Wildman–Crippen LogP) is 6.08. The molecule has 202 valence electrons. The lowest BCUT2D eigenvalue weighted by Crippen LogP contribution is -2.31. The van der Waals surface area contributed by atoms with Crippen molar-refractivity contribution in [3.8, 4) is 16.8 Å². The fourth-order valence-corrected chi connectivity index (χ4v) is 4.87. The van der Waals surface area contributed by atoms with Crippen LogP contribution in [0.1, 0.15) is 51.1 Å². The van der Waals surface area contributed by atoms with Crippen molar-refractivity contribution in [3.05, 3.63) is 107 Å². The molecule has 40 heavy (non-hydrogen) atoms. The van der Waals surface area contributed by atoms with Crippen LogP contribution < -0.4 is 5.32 Å². The van der Waals surface area contributed by atoms with Gasteiger partial charge in [-0.2, -0.15) is 13.2 Å². The summed E-state index contributed by atoms with van der Waals surface area (Å²) in [5, 5.41) is 2.92. The standard InChI is InChI=1S/C31H25F3N4O2/c1-18-16-38(17-36-18)26-10-19(9-25(14-26)31(32,33)34)11-28(39)23-4-2-3-21(12-23)22-7-8-27-24(13-22)15-35-29(27)37-30(40)20-5-6-20/h2-4,7-10,12-14,16-17,20H,5-6,11,15H2,1H3,(H,35,37,40). The Bertz CT molecular complexity index is 1680. The van der Waals surface area contributed by atoms with E-state index in [-0.39, 0.29) is 29.6 Å². The van der Waals surface area contributed by atoms with Crippen molar-refractivity contribution in [3.63, 3.8) is 0 Å². The SMILES string of the molecule is Cc1cn(-c2cc(CC(=O)c3cccc(-c4ccc5c(c4)CN=C5NC(=O)C4CC4)c3)cc(C(F)(F)F)c2)cn1. The molecule has 1 fully saturated rings. The number of aromatic nitrogens is 2. The van der Waals surface area contributed by atoms with Crippen molar-refractivity contribution in [2.45, 2.75) is 38.9 Å². The molecule has 1 N–H and O–H groups in total. The number of fused-ring (bicyclic) bond motifs is 1. The van der Waals surface area contributed by atoms with Gasteiger partial charge in [0.25, 0.3) is 0 Å². The van der Waals surface area contributed by atoms with Crippen LogP contribution in [0.2, 0.25) is 0 Å². The van der Waals surface area contributed by atoms with Gasteiger partial charge in [-0.15, -0.1) is 0 Å². The number of ketones is 1. The number of carbonyl (C=O) groups is 2. The molecule has 1 aliphatic heterocycles. The first-order valence-electron chi connectivity index (χ1n) is 13.0. The van der Waals surface area contributed by atoms with Gasteiger partial charge in [0.05, 0.1) is 24.1 Å². The second-order valence-corrected chi connectivity index (χ2v) is 10.3. The third-order valence-corrected chi connectivity index (χ3v) is 7.15. The van der Waals surface area contributed by atoms with Crippen LogP contribution in [0, 0.1) is 12.8 Å². The van der Waals surface area contributed by atoms with Crippen LogP contribution in [-0.2, 0) is 23.9 Å². The lowest BCUT2D eigenvalue weighted by Gasteiger charge is -2.13. The third kappa shape index (κ3) is 5.32. The number of alkyl halides is 3. The van der Waals surface area contributed by atoms with Gasteiger partial charge >= 0.3 is 6.18 Å². The fourth-order valence-electron chi connectivity index (χ4n) is 4.87. The highest BCUT2D eigenvalue weighted by Gasteiger charge is 2.32. The van der Waals surface area contributed by atoms with E-state index in [0.29, 0.717) is 29.3 Å². The Balaban J connectivity index is 1.23. The minimum atomic E-state index is -4.55. The van der Waals surface area contributed by atoms with Crippen molar-refractivity contribution in [1.29, 1.82) is 0 Å². The number of nitrogens with one attached hydrogen (secondary N) is 1. The second-order valence-electron chi connectivity index (χ2n) is 10.3. The summed E-state index contributed by atoms with van der Waals surface area (Å²) in [5.41, 5.74) is 4.37. The number of amides is 1. The Morgan fingerprint density at radius 3 is 2.55 bits per heavy atom. The zero-order chi connectivity index (χ0) is 28.0. The lowest BCUT2D eigenvalue weighted by atomic mass is 9.95. The third-order valence-electron chi connectivity index (χ3n) is 7.15. The largest absolute Gasteiger partial charge is 0.416 e. The number of hydrogen-bond acceptors (Lipinski definition) is 4. The molecule has 1 amide bonds. The first kappa shape index (κ1) is 25.7. The molecule has 2 aliphatic rings. The summed E-state index contributed by atoms with van der Waals surface area (Å²) in [6.07, 6.45) is 0.178. The fraction of sp³-hybridized carbons (Fsp3) is 0.226. The number of rotatable bonds is 6. The minimum Gasteiger partial charge on any atom is -0.310 e. The van der Waals surface area contributed by atoms with E-state index in [4.69, 9.17) is 0 Å². The highest BCUT2D eigenvalue weighted by molar-refractivity contribution is 6.11. The maximum atomic E-state index is 13.7. The molecule has 1 saturated carbocycles. The van der Waals surface area contributed by atoms with Crippen LogP contribution in [-0.4, -0.2) is 27.1 Å². The van der Waals surface area contributed by atoms with Gasteiger partial charge in [0.15, 0.2) is 5.78 Å². The topological polar surface area (TPSA) is 76.3 Å². The monoisotopic (exact) mass is 542 g/mol. The van der Waals surface area contributed by atoms with Gasteiger partial charge in [0.1, 0.15) is 5.84 Å². The van der Waals surface area contributed by atoms with Crippen molar-refractivity contribution in [1.82, 2.24) is 14.9 Å². The Morgan fingerprint density at radius 1 is 1.02 bits per heavy atom. The van der Waals surface area contributed by atoms with E-state index in [1.165, 1.54) is 10.9 Å². The Morgan fingerprint density at radius 2 is 1.82 bits per heavy atom. The van der Waals surface area contributed by atoms with Gasteiger partial charge in [-0.3, -0.25) is 14.6 Å². The number of carbonyl (C=O) groups excluding carboxylic acids is 2. The van der Waals surface area contributed by atoms with Crippen molar-refractivity contribution in [2.75, 3.05) is 0 Å². The number of imidazole rings is 1. The van der Waals surface area contributed by atoms with Crippen LogP contribution in [0.3, 0.4) is 0 Å². The number of amidine groups is 1. The van der Waals surface area contributed by atoms with E-state index in [2.05, 4.69) is 15.3 Å². The van der Waals surface area contributed by atoms with Gasteiger partial charge in [-0.05, 0) is 72.4 Å². The minimum absolute atomic E-state index is 0.00919. The molecule has 0 spiro atoms. The van der Waals surface area contributed by atoms with E-state index >= 15 is 0 Å². The summed E-state index contributed by atoms with van der Waals surface area (Å²) in [7, 11) is 0. The summed E-state index contributed by atoms with van der Waals surface area (Å²) in [4.78, 5) is 34.0. The molecule has 1 aromatic heterocycles. The second kappa shape index (κ2) is 9.89. The molecular formula is C31H25F3N4O2. The van der Waals surface area contributed by atoms with E-state index in [1.807, 2.05) is 24.3 Å². The molecule has 6 rings (SSSR count). The summed E-state index contributed by atoms with van der Waals surface area (Å²) in [6, 6.07) is 16.5. The van der Waals surface area contributed by atoms with Crippen LogP contribution in [0.5, 0.6) is 0 Å². The number of Topliss-reactive ketones (excluding diaryl/α,β-unsaturated/α-hetero) is 1. The smallest absolute Gasteiger partial charge is 0.310 e. The highest BCUT2D eigenvalue weighted by atomic mass is 19.4. The maximum Gasteiger partial charge on any atom is 0.416 e. The summed E-state index contributed by atoms with van der Waals surface area (Å²) >= 11 is 0. The predicted molar refractivity (Wildman–Crippen MR) is 144 cm³/mol. The summed E-state index contributed by atoms with van der Waals surface area (Å²) < 4.78 is 42.5. The molecule has 6 nitrogen and oxygen atoms in total. The van der Waals surface area contributed by atoms with Gasteiger partial charge in [-0.1, -0.05) is 30.3 Å². The molecule has 4 aromatic rings. The number of benzene rings is 3. The number of nitrogens with zero attached hydrogens (tertiary/aromatic N) is 3. The molecule has 0 unspecified atom stereocenters. The Hall–Kier alpha value is -4.53. The normalized spacial score (nSPS) is 14.6. The number of halogens is 3. The quantitative estimate of drug-likeness (QED) is 0.300. The summed E-state index contributed by atoms with van der Waals surface area (Å²) in [5.74, 6) is 0.399. The van der Waals surface area contributed by atoms with Crippen LogP contribution in [0.4, 0.5) is 13.2 Å². The average molecular weight is 543 g/mol. The number of aliphatic imine (C=N–C) groups is 1. The Labute approximate surface area is 228 Å². The first-order chi connectivity index (χ1) is 19.1. The van der Waals surface area contributed by atoms with Crippen molar-refractivity contribution >= 4 is 17.5 Å². The van der Waals surface area contributed by atoms with E-state index in [9.17, 15) is 22.8 Å². The lowest BCUT2D eigenvalue weighted by molar-refractivity contribution is -0.137. The molecule has 2 heterocycles. The molecule has 0 saturated heterocycles. The highest BCUT2D eigenvalue weighted by Crippen LogP contribution is 2.33. The van der Waals surface area contributed by atoms with Crippen LogP contribution in [0.15, 0.2) is 78.2 Å². The van der Waals surface area contributed by atoms with E-state index < -0.39 is 11.7 Å². The zero-order valence-electron chi connectivity index (χ0n) is 21.6. The molecule has 9 heteroatoms. The zero-order valence-corrected chi connectivity index (χ0v) is 21.6. The molecule has 0 bridgehead atoms. The van der Waals surface area contributed by atoms with Gasteiger partial charge in [0.2, 0.25) is 5.91 Å². The number of aryl methyl sites for hydroxylation is 1. The average Bonchev–Trinajstić information content (AvgIpc) is 3.59. The van der Waals surface area contributed by atoms with Gasteiger partial charge in [-0.25, -0.2) is 4.98 Å². The van der Waals surface area contributed by atoms with E-state index in [1.54, 1.807) is 37.4 Å². The Kier molecular flexibility index (Phi) is 6.37. The molecular weight excluding hydrogens is 517 g/mol. The summed E-state index contributed by atoms with van der Waals surface area (Å²) in [6.45, 7) is 2.21. The molecule has 0 atom stereocenters. The van der Waals surface area contributed by atoms with Crippen molar-refractivity contribution in [2.24, 2.45) is 10.9 Å². The maximum absolute atomic E-state index is 13.7. The van der Waals surface area contributed by atoms with Gasteiger partial charge < -0.3 is 9.88 Å². The first-order valence-corrected chi connectivity index (χ1v) is 13.0. The van der Waals surface area contributed by atoms with Crippen LogP contribution >= 0.6 is 0 Å².